The zero-order chi connectivity index (χ0) is 10.0. The largest absolute Gasteiger partial charge is 0.207 e. The molecule has 1 heterocycles. The van der Waals surface area contributed by atoms with Crippen LogP contribution in [-0.4, -0.2) is 11.5 Å². The average molecular weight is 277 g/mol. The highest BCUT2D eigenvalue weighted by atomic mass is 79.9. The van der Waals surface area contributed by atoms with E-state index in [1.54, 1.807) is 12.1 Å². The third-order valence-electron chi connectivity index (χ3n) is 2.58. The highest BCUT2D eigenvalue weighted by Crippen LogP contribution is 2.62. The minimum atomic E-state index is -0.628. The van der Waals surface area contributed by atoms with E-state index in [1.165, 1.54) is 30.4 Å². The Morgan fingerprint density at radius 3 is 2.64 bits per heavy atom. The van der Waals surface area contributed by atoms with Crippen LogP contribution in [0.1, 0.15) is 18.4 Å². The zero-order valence-corrected chi connectivity index (χ0v) is 10.4. The summed E-state index contributed by atoms with van der Waals surface area (Å²) >= 11 is 3.87. The van der Waals surface area contributed by atoms with Crippen LogP contribution in [0.4, 0.5) is 4.39 Å². The van der Waals surface area contributed by atoms with Gasteiger partial charge in [0.1, 0.15) is 5.82 Å². The summed E-state index contributed by atoms with van der Waals surface area (Å²) in [6, 6.07) is 7.00. The third kappa shape index (κ3) is 2.51. The Hall–Kier alpha value is -0.0200. The molecule has 0 saturated carbocycles. The predicted molar refractivity (Wildman–Crippen MR) is 65.6 cm³/mol. The quantitative estimate of drug-likeness (QED) is 0.758. The van der Waals surface area contributed by atoms with Crippen LogP contribution in [-0.2, 0) is 5.75 Å². The van der Waals surface area contributed by atoms with E-state index in [1.807, 2.05) is 6.07 Å². The van der Waals surface area contributed by atoms with Gasteiger partial charge < -0.3 is 0 Å². The Kier molecular flexibility index (Phi) is 3.17. The highest BCUT2D eigenvalue weighted by Gasteiger charge is 2.25. The second kappa shape index (κ2) is 4.23. The van der Waals surface area contributed by atoms with E-state index in [-0.39, 0.29) is 5.82 Å². The van der Waals surface area contributed by atoms with Crippen LogP contribution >= 0.6 is 23.3 Å². The molecule has 1 aromatic rings. The second-order valence-electron chi connectivity index (χ2n) is 3.83. The van der Waals surface area contributed by atoms with E-state index in [4.69, 9.17) is 0 Å². The van der Waals surface area contributed by atoms with E-state index in [9.17, 15) is 4.39 Å². The maximum atomic E-state index is 13.0. The van der Waals surface area contributed by atoms with E-state index in [0.29, 0.717) is 0 Å². The third-order valence-corrected chi connectivity index (χ3v) is 8.11. The summed E-state index contributed by atoms with van der Waals surface area (Å²) in [5.74, 6) is 3.51. The molecule has 0 nitrogen and oxygen atoms in total. The topological polar surface area (TPSA) is 0 Å². The molecule has 1 saturated heterocycles. The fourth-order valence-electron chi connectivity index (χ4n) is 1.89. The SMILES string of the molecule is Fc1cccc(CS2(Br)CCCC2)c1. The van der Waals surface area contributed by atoms with Crippen LogP contribution in [0.25, 0.3) is 0 Å². The standard InChI is InChI=1S/C11H14BrFS/c12-14(6-1-2-7-14)9-10-4-3-5-11(13)8-10/h3-5,8H,1-2,6-7,9H2. The second-order valence-corrected chi connectivity index (χ2v) is 10.9. The van der Waals surface area contributed by atoms with Gasteiger partial charge in [-0.05, 0) is 56.9 Å². The molecule has 1 aliphatic rings. The fourth-order valence-corrected chi connectivity index (χ4v) is 6.77. The molecule has 0 amide bonds. The molecule has 0 N–H and O–H groups in total. The Morgan fingerprint density at radius 1 is 1.29 bits per heavy atom. The summed E-state index contributed by atoms with van der Waals surface area (Å²) in [6.07, 6.45) is 2.66. The summed E-state index contributed by atoms with van der Waals surface area (Å²) in [6.45, 7) is 0. The smallest absolute Gasteiger partial charge is 0.123 e. The first kappa shape index (κ1) is 10.5. The lowest BCUT2D eigenvalue weighted by Gasteiger charge is -2.27. The number of hydrogen-bond acceptors (Lipinski definition) is 0. The van der Waals surface area contributed by atoms with Crippen molar-refractivity contribution in [3.63, 3.8) is 0 Å². The molecule has 0 bridgehead atoms. The maximum Gasteiger partial charge on any atom is 0.123 e. The van der Waals surface area contributed by atoms with Crippen LogP contribution in [0, 0.1) is 5.82 Å². The van der Waals surface area contributed by atoms with Gasteiger partial charge in [0, 0.05) is 5.75 Å². The van der Waals surface area contributed by atoms with Gasteiger partial charge in [0.2, 0.25) is 0 Å². The minimum Gasteiger partial charge on any atom is -0.207 e. The van der Waals surface area contributed by atoms with Crippen molar-refractivity contribution in [1.29, 1.82) is 0 Å². The van der Waals surface area contributed by atoms with Gasteiger partial charge in [0.25, 0.3) is 0 Å². The Balaban J connectivity index is 2.10. The van der Waals surface area contributed by atoms with Gasteiger partial charge in [0.05, 0.1) is 0 Å². The molecule has 0 unspecified atom stereocenters. The van der Waals surface area contributed by atoms with Gasteiger partial charge in [-0.1, -0.05) is 12.1 Å². The molecule has 78 valence electrons. The van der Waals surface area contributed by atoms with Crippen molar-refractivity contribution in [2.24, 2.45) is 0 Å². The van der Waals surface area contributed by atoms with Gasteiger partial charge in [-0.25, -0.2) is 4.39 Å². The highest BCUT2D eigenvalue weighted by molar-refractivity contribution is 9.58. The summed E-state index contributed by atoms with van der Waals surface area (Å²) in [4.78, 5) is 0. The molecule has 0 aromatic heterocycles. The summed E-state index contributed by atoms with van der Waals surface area (Å²) in [7, 11) is -0.628. The molecule has 0 aliphatic carbocycles. The van der Waals surface area contributed by atoms with Crippen LogP contribution in [0.15, 0.2) is 24.3 Å². The summed E-state index contributed by atoms with van der Waals surface area (Å²) in [5.41, 5.74) is 1.14. The van der Waals surface area contributed by atoms with Crippen molar-refractivity contribution in [2.45, 2.75) is 18.6 Å². The summed E-state index contributed by atoms with van der Waals surface area (Å²) in [5, 5.41) is 0. The van der Waals surface area contributed by atoms with Crippen molar-refractivity contribution >= 4 is 23.3 Å². The molecule has 0 atom stereocenters. The van der Waals surface area contributed by atoms with Crippen LogP contribution in [0.5, 0.6) is 0 Å². The molecule has 1 aromatic carbocycles. The fraction of sp³-hybridized carbons (Fsp3) is 0.455. The monoisotopic (exact) mass is 276 g/mol. The van der Waals surface area contributed by atoms with Crippen LogP contribution < -0.4 is 0 Å². The first-order chi connectivity index (χ1) is 6.68. The molecule has 3 heteroatoms. The Morgan fingerprint density at radius 2 is 2.00 bits per heavy atom. The first-order valence-corrected chi connectivity index (χ1v) is 8.87. The Labute approximate surface area is 93.4 Å². The van der Waals surface area contributed by atoms with E-state index in [0.717, 1.165) is 11.3 Å². The molecular weight excluding hydrogens is 263 g/mol. The minimum absolute atomic E-state index is 0.115. The van der Waals surface area contributed by atoms with Crippen molar-refractivity contribution in [3.05, 3.63) is 35.6 Å². The lowest BCUT2D eigenvalue weighted by atomic mass is 10.2. The van der Waals surface area contributed by atoms with Crippen LogP contribution in [0.3, 0.4) is 0 Å². The number of halogens is 2. The summed E-state index contributed by atoms with van der Waals surface area (Å²) < 4.78 is 13.0. The van der Waals surface area contributed by atoms with Crippen molar-refractivity contribution in [1.82, 2.24) is 0 Å². The van der Waals surface area contributed by atoms with Gasteiger partial charge in [-0.15, -0.1) is 0 Å². The number of rotatable bonds is 2. The van der Waals surface area contributed by atoms with E-state index in [2.05, 4.69) is 14.8 Å². The molecule has 0 spiro atoms. The molecular formula is C11H14BrFS. The van der Waals surface area contributed by atoms with E-state index < -0.39 is 8.46 Å². The number of hydrogen-bond donors (Lipinski definition) is 0. The predicted octanol–water partition coefficient (Wildman–Crippen LogP) is 4.23. The molecule has 0 radical (unpaired) electrons. The molecule has 2 rings (SSSR count). The molecule has 1 aliphatic heterocycles. The van der Waals surface area contributed by atoms with Gasteiger partial charge >= 0.3 is 0 Å². The van der Waals surface area contributed by atoms with Gasteiger partial charge in [-0.3, -0.25) is 0 Å². The first-order valence-electron chi connectivity index (χ1n) is 4.88. The van der Waals surface area contributed by atoms with Gasteiger partial charge in [-0.2, -0.15) is 8.46 Å². The normalized spacial score (nSPS) is 22.1. The van der Waals surface area contributed by atoms with Crippen molar-refractivity contribution in [3.8, 4) is 0 Å². The van der Waals surface area contributed by atoms with Crippen molar-refractivity contribution < 1.29 is 4.39 Å². The average Bonchev–Trinajstić information content (AvgIpc) is 2.51. The van der Waals surface area contributed by atoms with Crippen LogP contribution in [0.2, 0.25) is 0 Å². The lowest BCUT2D eigenvalue weighted by Crippen LogP contribution is -1.97. The molecule has 14 heavy (non-hydrogen) atoms. The van der Waals surface area contributed by atoms with Crippen molar-refractivity contribution in [2.75, 3.05) is 11.5 Å². The molecule has 1 fully saturated rings. The van der Waals surface area contributed by atoms with E-state index >= 15 is 0 Å². The maximum absolute atomic E-state index is 13.0. The Bertz CT molecular complexity index is 321. The number of benzene rings is 1. The zero-order valence-electron chi connectivity index (χ0n) is 8.01. The van der Waals surface area contributed by atoms with Gasteiger partial charge in [0.15, 0.2) is 0 Å². The lowest BCUT2D eigenvalue weighted by molar-refractivity contribution is 0.626.